The number of nitrogens with zero attached hydrogens (tertiary/aromatic N) is 2. The molecule has 0 aromatic heterocycles. The van der Waals surface area contributed by atoms with Gasteiger partial charge in [-0.1, -0.05) is 30.3 Å². The zero-order valence-electron chi connectivity index (χ0n) is 15.1. The highest BCUT2D eigenvalue weighted by molar-refractivity contribution is 6.05. The molecule has 1 aliphatic heterocycles. The maximum atomic E-state index is 13.0. The zero-order valence-corrected chi connectivity index (χ0v) is 15.1. The predicted octanol–water partition coefficient (Wildman–Crippen LogP) is 3.97. The van der Waals surface area contributed by atoms with Crippen molar-refractivity contribution in [1.29, 1.82) is 0 Å². The van der Waals surface area contributed by atoms with Crippen molar-refractivity contribution in [2.24, 2.45) is 0 Å². The van der Waals surface area contributed by atoms with E-state index in [1.807, 2.05) is 18.2 Å². The highest BCUT2D eigenvalue weighted by Gasteiger charge is 2.42. The van der Waals surface area contributed by atoms with Gasteiger partial charge >= 0.3 is 12.2 Å². The number of amides is 3. The Morgan fingerprint density at radius 3 is 2.32 bits per heavy atom. The third-order valence-corrected chi connectivity index (χ3v) is 4.61. The van der Waals surface area contributed by atoms with E-state index < -0.39 is 29.7 Å². The van der Waals surface area contributed by atoms with Crippen LogP contribution in [0, 0.1) is 0 Å². The molecule has 1 aliphatic rings. The number of carbonyl (C=O) groups is 2. The van der Waals surface area contributed by atoms with Crippen LogP contribution in [-0.4, -0.2) is 48.5 Å². The molecule has 1 heterocycles. The fourth-order valence-corrected chi connectivity index (χ4v) is 3.14. The Hall–Kier alpha value is -2.87. The molecule has 0 N–H and O–H groups in total. The first kappa shape index (κ1) is 19.9. The van der Waals surface area contributed by atoms with Gasteiger partial charge in [0.15, 0.2) is 0 Å². The Labute approximate surface area is 160 Å². The lowest BCUT2D eigenvalue weighted by molar-refractivity contribution is -0.137. The Morgan fingerprint density at radius 2 is 1.75 bits per heavy atom. The molecule has 2 aromatic carbocycles. The van der Waals surface area contributed by atoms with Crippen LogP contribution in [0.25, 0.3) is 0 Å². The fourth-order valence-electron chi connectivity index (χ4n) is 3.14. The summed E-state index contributed by atoms with van der Waals surface area (Å²) in [4.78, 5) is 28.4. The number of ether oxygens (including phenoxy) is 1. The predicted molar refractivity (Wildman–Crippen MR) is 95.6 cm³/mol. The largest absolute Gasteiger partial charge is 0.416 e. The Balaban J connectivity index is 1.91. The molecule has 2 aromatic rings. The quantitative estimate of drug-likeness (QED) is 0.774. The second kappa shape index (κ2) is 8.02. The Morgan fingerprint density at radius 1 is 1.11 bits per heavy atom. The lowest BCUT2D eigenvalue weighted by Gasteiger charge is -2.22. The van der Waals surface area contributed by atoms with Crippen molar-refractivity contribution in [3.05, 3.63) is 71.3 Å². The number of carbonyl (C=O) groups excluding carboxylic acids is 2. The molecule has 1 atom stereocenters. The summed E-state index contributed by atoms with van der Waals surface area (Å²) in [5, 5.41) is 0. The van der Waals surface area contributed by atoms with Gasteiger partial charge in [0.25, 0.3) is 5.91 Å². The normalized spacial score (nSPS) is 17.3. The van der Waals surface area contributed by atoms with Crippen molar-refractivity contribution in [2.45, 2.75) is 12.2 Å². The maximum absolute atomic E-state index is 13.0. The molecular formula is C20H19F3N2O3. The van der Waals surface area contributed by atoms with E-state index in [9.17, 15) is 22.8 Å². The van der Waals surface area contributed by atoms with Crippen molar-refractivity contribution >= 4 is 11.9 Å². The standard InChI is InChI=1S/C20H19F3N2O3/c1-28-12-11-24-13-17(14-5-3-2-4-6-14)25(19(24)27)18(26)15-7-9-16(10-8-15)20(21,22)23/h2-10,17H,11-13H2,1H3. The van der Waals surface area contributed by atoms with Crippen LogP contribution in [-0.2, 0) is 10.9 Å². The molecule has 5 nitrogen and oxygen atoms in total. The fraction of sp³-hybridized carbons (Fsp3) is 0.300. The van der Waals surface area contributed by atoms with Crippen molar-refractivity contribution in [2.75, 3.05) is 26.8 Å². The number of alkyl halides is 3. The van der Waals surface area contributed by atoms with Crippen molar-refractivity contribution in [1.82, 2.24) is 9.80 Å². The number of urea groups is 1. The number of imide groups is 1. The third kappa shape index (κ3) is 4.01. The van der Waals surface area contributed by atoms with Gasteiger partial charge in [0.1, 0.15) is 0 Å². The van der Waals surface area contributed by atoms with Gasteiger partial charge in [-0.25, -0.2) is 4.79 Å². The molecular weight excluding hydrogens is 373 g/mol. The van der Waals surface area contributed by atoms with Crippen LogP contribution in [0.1, 0.15) is 27.5 Å². The summed E-state index contributed by atoms with van der Waals surface area (Å²) in [6, 6.07) is 11.9. The van der Waals surface area contributed by atoms with Crippen LogP contribution in [0.3, 0.4) is 0 Å². The number of benzene rings is 2. The summed E-state index contributed by atoms with van der Waals surface area (Å²) in [6.45, 7) is 0.920. The van der Waals surface area contributed by atoms with E-state index in [0.717, 1.165) is 34.7 Å². The molecule has 1 fully saturated rings. The summed E-state index contributed by atoms with van der Waals surface area (Å²) in [6.07, 6.45) is -4.49. The van der Waals surface area contributed by atoms with E-state index in [-0.39, 0.29) is 5.56 Å². The average molecular weight is 392 g/mol. The molecule has 0 radical (unpaired) electrons. The molecule has 1 saturated heterocycles. The number of hydrogen-bond donors (Lipinski definition) is 0. The van der Waals surface area contributed by atoms with Crippen LogP contribution in [0.2, 0.25) is 0 Å². The molecule has 0 saturated carbocycles. The molecule has 28 heavy (non-hydrogen) atoms. The number of methoxy groups -OCH3 is 1. The lowest BCUT2D eigenvalue weighted by atomic mass is 10.0. The van der Waals surface area contributed by atoms with E-state index in [2.05, 4.69) is 0 Å². The first-order chi connectivity index (χ1) is 13.3. The van der Waals surface area contributed by atoms with Crippen LogP contribution in [0.15, 0.2) is 54.6 Å². The van der Waals surface area contributed by atoms with Gasteiger partial charge in [0.05, 0.1) is 18.2 Å². The second-order valence-corrected chi connectivity index (χ2v) is 6.40. The SMILES string of the molecule is COCCN1CC(c2ccccc2)N(C(=O)c2ccc(C(F)(F)F)cc2)C1=O. The van der Waals surface area contributed by atoms with Gasteiger partial charge in [-0.3, -0.25) is 9.69 Å². The van der Waals surface area contributed by atoms with E-state index in [1.165, 1.54) is 12.0 Å². The van der Waals surface area contributed by atoms with Crippen LogP contribution in [0.4, 0.5) is 18.0 Å². The first-order valence-corrected chi connectivity index (χ1v) is 8.66. The smallest absolute Gasteiger partial charge is 0.383 e. The van der Waals surface area contributed by atoms with E-state index in [0.29, 0.717) is 19.7 Å². The van der Waals surface area contributed by atoms with E-state index in [4.69, 9.17) is 4.74 Å². The highest BCUT2D eigenvalue weighted by atomic mass is 19.4. The van der Waals surface area contributed by atoms with E-state index >= 15 is 0 Å². The minimum atomic E-state index is -4.49. The Bertz CT molecular complexity index is 838. The van der Waals surface area contributed by atoms with Gasteiger partial charge in [0.2, 0.25) is 0 Å². The van der Waals surface area contributed by atoms with Gasteiger partial charge < -0.3 is 9.64 Å². The molecule has 148 valence electrons. The van der Waals surface area contributed by atoms with Crippen LogP contribution in [0.5, 0.6) is 0 Å². The van der Waals surface area contributed by atoms with Crippen molar-refractivity contribution in [3.8, 4) is 0 Å². The number of rotatable bonds is 5. The zero-order chi connectivity index (χ0) is 20.3. The van der Waals surface area contributed by atoms with E-state index in [1.54, 1.807) is 12.1 Å². The molecule has 0 aliphatic carbocycles. The molecule has 8 heteroatoms. The van der Waals surface area contributed by atoms with Crippen molar-refractivity contribution < 1.29 is 27.5 Å². The summed E-state index contributed by atoms with van der Waals surface area (Å²) in [7, 11) is 1.51. The molecule has 3 rings (SSSR count). The lowest BCUT2D eigenvalue weighted by Crippen LogP contribution is -2.38. The van der Waals surface area contributed by atoms with Crippen LogP contribution < -0.4 is 0 Å². The minimum absolute atomic E-state index is 0.0240. The Kier molecular flexibility index (Phi) is 5.69. The topological polar surface area (TPSA) is 49.9 Å². The monoisotopic (exact) mass is 392 g/mol. The van der Waals surface area contributed by atoms with Gasteiger partial charge in [-0.05, 0) is 29.8 Å². The second-order valence-electron chi connectivity index (χ2n) is 6.40. The van der Waals surface area contributed by atoms with Crippen LogP contribution >= 0.6 is 0 Å². The van der Waals surface area contributed by atoms with Crippen molar-refractivity contribution in [3.63, 3.8) is 0 Å². The number of halogens is 3. The average Bonchev–Trinajstić information content (AvgIpc) is 3.02. The van der Waals surface area contributed by atoms with Gasteiger partial charge in [-0.2, -0.15) is 13.2 Å². The first-order valence-electron chi connectivity index (χ1n) is 8.66. The highest BCUT2D eigenvalue weighted by Crippen LogP contribution is 2.32. The van der Waals surface area contributed by atoms with Gasteiger partial charge in [-0.15, -0.1) is 0 Å². The third-order valence-electron chi connectivity index (χ3n) is 4.61. The summed E-state index contributed by atoms with van der Waals surface area (Å²) in [5.74, 6) is -0.632. The molecule has 0 spiro atoms. The summed E-state index contributed by atoms with van der Waals surface area (Å²) in [5.41, 5.74) is -0.0509. The number of hydrogen-bond acceptors (Lipinski definition) is 3. The summed E-state index contributed by atoms with van der Waals surface area (Å²) >= 11 is 0. The molecule has 1 unspecified atom stereocenters. The summed E-state index contributed by atoms with van der Waals surface area (Å²) < 4.78 is 43.3. The minimum Gasteiger partial charge on any atom is -0.383 e. The maximum Gasteiger partial charge on any atom is 0.416 e. The van der Waals surface area contributed by atoms with Gasteiger partial charge in [0, 0.05) is 25.8 Å². The molecule has 3 amide bonds. The molecule has 0 bridgehead atoms.